The van der Waals surface area contributed by atoms with Crippen molar-refractivity contribution in [2.24, 2.45) is 0 Å². The molecule has 0 bridgehead atoms. The van der Waals surface area contributed by atoms with Crippen LogP contribution in [-0.2, 0) is 0 Å². The smallest absolute Gasteiger partial charge is 0.164 e. The molecule has 5 heteroatoms. The van der Waals surface area contributed by atoms with Crippen LogP contribution in [0.25, 0.3) is 101 Å². The van der Waals surface area contributed by atoms with Gasteiger partial charge in [0.25, 0.3) is 0 Å². The van der Waals surface area contributed by atoms with E-state index in [0.29, 0.717) is 23.0 Å². The van der Waals surface area contributed by atoms with Gasteiger partial charge in [-0.15, -0.1) is 0 Å². The van der Waals surface area contributed by atoms with Crippen molar-refractivity contribution in [3.63, 3.8) is 0 Å². The van der Waals surface area contributed by atoms with Crippen molar-refractivity contribution in [2.45, 2.75) is 0 Å². The zero-order valence-electron chi connectivity index (χ0n) is 30.7. The molecule has 0 unspecified atom stereocenters. The first-order chi connectivity index (χ1) is 28.2. The lowest BCUT2D eigenvalue weighted by atomic mass is 9.94. The number of hydrogen-bond donors (Lipinski definition) is 0. The normalized spacial score (nSPS) is 11.1. The first kappa shape index (κ1) is 33.6. The highest BCUT2D eigenvalue weighted by Gasteiger charge is 2.17. The second kappa shape index (κ2) is 14.4. The van der Waals surface area contributed by atoms with Crippen LogP contribution in [0.1, 0.15) is 5.56 Å². The van der Waals surface area contributed by atoms with Gasteiger partial charge < -0.3 is 4.42 Å². The van der Waals surface area contributed by atoms with Gasteiger partial charge in [-0.25, -0.2) is 15.0 Å². The second-order valence-corrected chi connectivity index (χ2v) is 13.9. The number of furan rings is 1. The minimum absolute atomic E-state index is 0.556. The number of fused-ring (bicyclic) bond motifs is 3. The summed E-state index contributed by atoms with van der Waals surface area (Å²) in [4.78, 5) is 15.0. The van der Waals surface area contributed by atoms with E-state index in [-0.39, 0.29) is 0 Å². The molecule has 0 amide bonds. The molecular weight excluding hydrogens is 697 g/mol. The summed E-state index contributed by atoms with van der Waals surface area (Å²) in [6.45, 7) is 0. The van der Waals surface area contributed by atoms with Crippen LogP contribution in [0.2, 0.25) is 0 Å². The summed E-state index contributed by atoms with van der Waals surface area (Å²) in [5, 5.41) is 11.9. The fraction of sp³-hybridized carbons (Fsp3) is 0. The molecule has 2 aromatic heterocycles. The van der Waals surface area contributed by atoms with Crippen LogP contribution in [0.15, 0.2) is 199 Å². The highest BCUT2D eigenvalue weighted by Crippen LogP contribution is 2.39. The Bertz CT molecular complexity index is 3110. The average molecular weight is 729 g/mol. The van der Waals surface area contributed by atoms with Crippen LogP contribution >= 0.6 is 0 Å². The molecule has 0 saturated carbocycles. The molecule has 5 nitrogen and oxygen atoms in total. The van der Waals surface area contributed by atoms with Crippen LogP contribution in [0.5, 0.6) is 0 Å². The predicted molar refractivity (Wildman–Crippen MR) is 230 cm³/mol. The van der Waals surface area contributed by atoms with Gasteiger partial charge in [0, 0.05) is 33.0 Å². The Labute approximate surface area is 329 Å². The molecule has 10 aromatic rings. The van der Waals surface area contributed by atoms with Gasteiger partial charge in [0.05, 0.1) is 11.6 Å². The number of hydrogen-bond acceptors (Lipinski definition) is 5. The number of benzene rings is 8. The van der Waals surface area contributed by atoms with Crippen LogP contribution in [0.4, 0.5) is 0 Å². The summed E-state index contributed by atoms with van der Waals surface area (Å²) in [6.07, 6.45) is 0. The third-order valence-corrected chi connectivity index (χ3v) is 10.4. The van der Waals surface area contributed by atoms with Crippen molar-refractivity contribution >= 4 is 21.9 Å². The molecule has 8 aromatic carbocycles. The van der Waals surface area contributed by atoms with E-state index < -0.39 is 0 Å². The van der Waals surface area contributed by atoms with Crippen LogP contribution in [-0.4, -0.2) is 15.0 Å². The number of nitrogens with zero attached hydrogens (tertiary/aromatic N) is 4. The van der Waals surface area contributed by atoms with Crippen molar-refractivity contribution in [2.75, 3.05) is 0 Å². The van der Waals surface area contributed by atoms with E-state index >= 15 is 0 Å². The molecule has 0 aliphatic rings. The zero-order chi connectivity index (χ0) is 38.1. The molecule has 0 fully saturated rings. The van der Waals surface area contributed by atoms with Gasteiger partial charge in [0.1, 0.15) is 11.2 Å². The maximum atomic E-state index is 9.82. The number of nitriles is 1. The van der Waals surface area contributed by atoms with Gasteiger partial charge in [0.2, 0.25) is 0 Å². The van der Waals surface area contributed by atoms with Crippen molar-refractivity contribution in [3.05, 3.63) is 200 Å². The second-order valence-electron chi connectivity index (χ2n) is 13.9. The van der Waals surface area contributed by atoms with E-state index in [1.165, 1.54) is 11.1 Å². The Balaban J connectivity index is 1.04. The summed E-state index contributed by atoms with van der Waals surface area (Å²) in [6, 6.07) is 68.1. The van der Waals surface area contributed by atoms with Gasteiger partial charge in [-0.2, -0.15) is 5.26 Å². The molecule has 0 spiro atoms. The largest absolute Gasteiger partial charge is 0.456 e. The van der Waals surface area contributed by atoms with Crippen LogP contribution in [0.3, 0.4) is 0 Å². The van der Waals surface area contributed by atoms with Gasteiger partial charge in [0.15, 0.2) is 17.5 Å². The Morgan fingerprint density at radius 3 is 1.56 bits per heavy atom. The highest BCUT2D eigenvalue weighted by atomic mass is 16.3. The van der Waals surface area contributed by atoms with E-state index in [1.807, 2.05) is 103 Å². The topological polar surface area (TPSA) is 75.6 Å². The predicted octanol–water partition coefficient (Wildman–Crippen LogP) is 13.3. The Morgan fingerprint density at radius 2 is 0.860 bits per heavy atom. The van der Waals surface area contributed by atoms with Crippen molar-refractivity contribution in [3.8, 4) is 84.7 Å². The minimum Gasteiger partial charge on any atom is -0.456 e. The van der Waals surface area contributed by atoms with Crippen molar-refractivity contribution in [1.82, 2.24) is 15.0 Å². The fourth-order valence-corrected chi connectivity index (χ4v) is 7.54. The van der Waals surface area contributed by atoms with Crippen LogP contribution < -0.4 is 0 Å². The van der Waals surface area contributed by atoms with Gasteiger partial charge in [-0.1, -0.05) is 158 Å². The van der Waals surface area contributed by atoms with E-state index in [9.17, 15) is 5.26 Å². The molecule has 0 saturated heterocycles. The number of rotatable bonds is 7. The Hall–Kier alpha value is -7.94. The SMILES string of the molecule is N#Cc1ccc(-c2ccc(-c3nc(-c4ccccc4)nc(-c4ccc5c(c4)oc4cccc(-c6cccc(-c7ccccc7)c6)c45)n3)cc2)cc1-c1ccccc1. The summed E-state index contributed by atoms with van der Waals surface area (Å²) >= 11 is 0. The lowest BCUT2D eigenvalue weighted by Gasteiger charge is -2.10. The average Bonchev–Trinajstić information content (AvgIpc) is 3.68. The quantitative estimate of drug-likeness (QED) is 0.163. The molecule has 2 heterocycles. The maximum absolute atomic E-state index is 9.82. The van der Waals surface area contributed by atoms with Crippen molar-refractivity contribution in [1.29, 1.82) is 5.26 Å². The van der Waals surface area contributed by atoms with Gasteiger partial charge >= 0.3 is 0 Å². The van der Waals surface area contributed by atoms with Gasteiger partial charge in [-0.05, 0) is 75.3 Å². The standard InChI is InChI=1S/C52H32N4O/c53-33-43-27-26-40(31-46(43)36-14-6-2-7-15-36)35-22-24-38(25-23-35)51-54-50(37-16-8-3-9-17-37)55-52(56-51)42-28-29-45-48(32-42)57-47-21-11-20-44(49(45)47)41-19-10-18-39(30-41)34-12-4-1-5-13-34/h1-32H. The van der Waals surface area contributed by atoms with E-state index in [0.717, 1.165) is 72.0 Å². The molecule has 10 rings (SSSR count). The van der Waals surface area contributed by atoms with E-state index in [4.69, 9.17) is 19.4 Å². The molecule has 0 N–H and O–H groups in total. The third kappa shape index (κ3) is 6.42. The molecule has 0 aliphatic heterocycles. The Kier molecular flexibility index (Phi) is 8.48. The van der Waals surface area contributed by atoms with E-state index in [2.05, 4.69) is 97.1 Å². The lowest BCUT2D eigenvalue weighted by Crippen LogP contribution is -2.00. The molecule has 57 heavy (non-hydrogen) atoms. The first-order valence-electron chi connectivity index (χ1n) is 18.8. The molecule has 0 aliphatic carbocycles. The summed E-state index contributed by atoms with van der Waals surface area (Å²) in [5.41, 5.74) is 13.4. The molecule has 0 radical (unpaired) electrons. The molecule has 266 valence electrons. The fourth-order valence-electron chi connectivity index (χ4n) is 7.54. The summed E-state index contributed by atoms with van der Waals surface area (Å²) < 4.78 is 6.54. The lowest BCUT2D eigenvalue weighted by molar-refractivity contribution is 0.669. The summed E-state index contributed by atoms with van der Waals surface area (Å²) in [5.74, 6) is 1.71. The van der Waals surface area contributed by atoms with Crippen molar-refractivity contribution < 1.29 is 4.42 Å². The molecule has 0 atom stereocenters. The monoisotopic (exact) mass is 728 g/mol. The van der Waals surface area contributed by atoms with Crippen LogP contribution in [0, 0.1) is 11.3 Å². The summed E-state index contributed by atoms with van der Waals surface area (Å²) in [7, 11) is 0. The zero-order valence-corrected chi connectivity index (χ0v) is 30.7. The van der Waals surface area contributed by atoms with Gasteiger partial charge in [-0.3, -0.25) is 0 Å². The maximum Gasteiger partial charge on any atom is 0.164 e. The first-order valence-corrected chi connectivity index (χ1v) is 18.8. The number of aromatic nitrogens is 3. The highest BCUT2D eigenvalue weighted by molar-refractivity contribution is 6.13. The molecular formula is C52H32N4O. The third-order valence-electron chi connectivity index (χ3n) is 10.4. The van der Waals surface area contributed by atoms with E-state index in [1.54, 1.807) is 0 Å². The minimum atomic E-state index is 0.556. The Morgan fingerprint density at radius 1 is 0.351 bits per heavy atom.